The van der Waals surface area contributed by atoms with Crippen LogP contribution in [0.2, 0.25) is 10.0 Å². The first kappa shape index (κ1) is 16.6. The molecule has 1 aliphatic rings. The van der Waals surface area contributed by atoms with Gasteiger partial charge in [0.15, 0.2) is 0 Å². The first-order valence-corrected chi connectivity index (χ1v) is 8.53. The van der Waals surface area contributed by atoms with Crippen LogP contribution in [0.5, 0.6) is 5.75 Å². The smallest absolute Gasteiger partial charge is 0.119 e. The average molecular weight is 350 g/mol. The van der Waals surface area contributed by atoms with Gasteiger partial charge in [0, 0.05) is 12.0 Å². The topological polar surface area (TPSA) is 12.5 Å². The largest absolute Gasteiger partial charge is 0.497 e. The molecule has 2 atom stereocenters. The molecule has 0 aliphatic heterocycles. The lowest BCUT2D eigenvalue weighted by atomic mass is 9.76. The molecule has 0 unspecified atom stereocenters. The summed E-state index contributed by atoms with van der Waals surface area (Å²) in [5.41, 5.74) is 3.92. The van der Waals surface area contributed by atoms with E-state index in [1.165, 1.54) is 16.7 Å². The summed E-state index contributed by atoms with van der Waals surface area (Å²) in [5, 5.41) is 1.21. The molecule has 0 aromatic heterocycles. The molecule has 4 heteroatoms. The van der Waals surface area contributed by atoms with E-state index >= 15 is 0 Å². The number of nitrogens with zero attached hydrogens (tertiary/aromatic N) is 1. The lowest BCUT2D eigenvalue weighted by Crippen LogP contribution is -2.35. The van der Waals surface area contributed by atoms with Gasteiger partial charge < -0.3 is 9.64 Å². The van der Waals surface area contributed by atoms with Crippen molar-refractivity contribution in [1.82, 2.24) is 4.90 Å². The van der Waals surface area contributed by atoms with Gasteiger partial charge in [0.25, 0.3) is 0 Å². The van der Waals surface area contributed by atoms with Gasteiger partial charge in [0.05, 0.1) is 17.2 Å². The fraction of sp³-hybridized carbons (Fsp3) is 0.368. The minimum Gasteiger partial charge on any atom is -0.497 e. The number of methoxy groups -OCH3 is 1. The van der Waals surface area contributed by atoms with Crippen LogP contribution in [0, 0.1) is 0 Å². The third-order valence-electron chi connectivity index (χ3n) is 4.77. The molecule has 0 bridgehead atoms. The molecule has 2 nitrogen and oxygen atoms in total. The molecule has 0 saturated heterocycles. The van der Waals surface area contributed by atoms with E-state index in [0.29, 0.717) is 22.0 Å². The van der Waals surface area contributed by atoms with Crippen LogP contribution in [0.4, 0.5) is 0 Å². The van der Waals surface area contributed by atoms with Crippen molar-refractivity contribution in [2.75, 3.05) is 21.2 Å². The quantitative estimate of drug-likeness (QED) is 0.772. The van der Waals surface area contributed by atoms with Crippen LogP contribution < -0.4 is 4.74 Å². The van der Waals surface area contributed by atoms with Gasteiger partial charge in [-0.1, -0.05) is 35.3 Å². The van der Waals surface area contributed by atoms with Gasteiger partial charge in [-0.05, 0) is 67.9 Å². The van der Waals surface area contributed by atoms with Gasteiger partial charge in [-0.2, -0.15) is 0 Å². The summed E-state index contributed by atoms with van der Waals surface area (Å²) in [6, 6.07) is 12.9. The van der Waals surface area contributed by atoms with Crippen LogP contribution >= 0.6 is 23.2 Å². The predicted molar refractivity (Wildman–Crippen MR) is 97.1 cm³/mol. The molecule has 0 spiro atoms. The number of halogens is 2. The summed E-state index contributed by atoms with van der Waals surface area (Å²) >= 11 is 12.3. The van der Waals surface area contributed by atoms with Crippen molar-refractivity contribution in [3.8, 4) is 5.75 Å². The zero-order valence-electron chi connectivity index (χ0n) is 13.6. The first-order valence-electron chi connectivity index (χ1n) is 7.77. The summed E-state index contributed by atoms with van der Waals surface area (Å²) in [6.45, 7) is 0. The van der Waals surface area contributed by atoms with Crippen molar-refractivity contribution >= 4 is 23.2 Å². The zero-order chi connectivity index (χ0) is 16.6. The van der Waals surface area contributed by atoms with Gasteiger partial charge in [-0.3, -0.25) is 0 Å². The zero-order valence-corrected chi connectivity index (χ0v) is 15.2. The summed E-state index contributed by atoms with van der Waals surface area (Å²) in [7, 11) is 6.00. The van der Waals surface area contributed by atoms with Crippen molar-refractivity contribution in [3.05, 3.63) is 63.1 Å². The van der Waals surface area contributed by atoms with Crippen molar-refractivity contribution in [3.63, 3.8) is 0 Å². The Balaban J connectivity index is 2.08. The Morgan fingerprint density at radius 3 is 2.48 bits per heavy atom. The monoisotopic (exact) mass is 349 g/mol. The SMILES string of the molecule is COc1ccc2c(c1)[C@H](c1ccc(Cl)c(Cl)c1)C[C@@H](N(C)C)C2. The highest BCUT2D eigenvalue weighted by Crippen LogP contribution is 2.41. The van der Waals surface area contributed by atoms with E-state index < -0.39 is 0 Å². The van der Waals surface area contributed by atoms with Crippen molar-refractivity contribution in [1.29, 1.82) is 0 Å². The Hall–Kier alpha value is -1.22. The highest BCUT2D eigenvalue weighted by atomic mass is 35.5. The molecule has 0 saturated carbocycles. The number of hydrogen-bond acceptors (Lipinski definition) is 2. The molecule has 23 heavy (non-hydrogen) atoms. The lowest BCUT2D eigenvalue weighted by Gasteiger charge is -2.36. The van der Waals surface area contributed by atoms with Gasteiger partial charge in [-0.25, -0.2) is 0 Å². The number of fused-ring (bicyclic) bond motifs is 1. The number of ether oxygens (including phenoxy) is 1. The second-order valence-corrected chi connectivity index (χ2v) is 7.16. The highest BCUT2D eigenvalue weighted by Gasteiger charge is 2.29. The molecule has 3 rings (SSSR count). The Kier molecular flexibility index (Phi) is 4.86. The van der Waals surface area contributed by atoms with Crippen LogP contribution in [0.3, 0.4) is 0 Å². The van der Waals surface area contributed by atoms with Crippen LogP contribution in [-0.4, -0.2) is 32.1 Å². The first-order chi connectivity index (χ1) is 11.0. The van der Waals surface area contributed by atoms with Gasteiger partial charge >= 0.3 is 0 Å². The number of rotatable bonds is 3. The van der Waals surface area contributed by atoms with Crippen LogP contribution in [0.15, 0.2) is 36.4 Å². The fourth-order valence-electron chi connectivity index (χ4n) is 3.38. The van der Waals surface area contributed by atoms with Crippen molar-refractivity contribution < 1.29 is 4.74 Å². The number of benzene rings is 2. The molecule has 0 N–H and O–H groups in total. The normalized spacial score (nSPS) is 20.4. The molecule has 1 aliphatic carbocycles. The molecule has 0 fully saturated rings. The maximum atomic E-state index is 6.25. The van der Waals surface area contributed by atoms with E-state index in [0.717, 1.165) is 18.6 Å². The molecule has 122 valence electrons. The fourth-order valence-corrected chi connectivity index (χ4v) is 3.69. The predicted octanol–water partition coefficient (Wildman–Crippen LogP) is 5.01. The second-order valence-electron chi connectivity index (χ2n) is 6.35. The van der Waals surface area contributed by atoms with E-state index in [-0.39, 0.29) is 0 Å². The number of likely N-dealkylation sites (N-methyl/N-ethyl adjacent to an activating group) is 1. The second kappa shape index (κ2) is 6.72. The van der Waals surface area contributed by atoms with E-state index in [1.54, 1.807) is 7.11 Å². The Bertz CT molecular complexity index is 715. The molecule has 0 heterocycles. The summed E-state index contributed by atoms with van der Waals surface area (Å²) in [4.78, 5) is 2.30. The maximum absolute atomic E-state index is 6.25. The maximum Gasteiger partial charge on any atom is 0.119 e. The van der Waals surface area contributed by atoms with Gasteiger partial charge in [0.2, 0.25) is 0 Å². The Morgan fingerprint density at radius 2 is 1.83 bits per heavy atom. The van der Waals surface area contributed by atoms with Crippen molar-refractivity contribution in [2.45, 2.75) is 24.8 Å². The molecule has 0 radical (unpaired) electrons. The minimum absolute atomic E-state index is 0.302. The van der Waals surface area contributed by atoms with E-state index in [9.17, 15) is 0 Å². The minimum atomic E-state index is 0.302. The van der Waals surface area contributed by atoms with Gasteiger partial charge in [-0.15, -0.1) is 0 Å². The Labute approximate surface area is 148 Å². The number of hydrogen-bond donors (Lipinski definition) is 0. The van der Waals surface area contributed by atoms with Crippen LogP contribution in [0.1, 0.15) is 29.0 Å². The van der Waals surface area contributed by atoms with E-state index in [4.69, 9.17) is 27.9 Å². The standard InChI is InChI=1S/C19H21Cl2NO/c1-22(2)14-8-12-4-6-15(23-3)11-17(12)16(10-14)13-5-7-18(20)19(21)9-13/h4-7,9,11,14,16H,8,10H2,1-3H3/t14-,16-/m0/s1. The molecular formula is C19H21Cl2NO. The van der Waals surface area contributed by atoms with E-state index in [2.05, 4.69) is 37.2 Å². The summed E-state index contributed by atoms with van der Waals surface area (Å²) in [5.74, 6) is 1.20. The molecule has 2 aromatic carbocycles. The van der Waals surface area contributed by atoms with E-state index in [1.807, 2.05) is 18.2 Å². The van der Waals surface area contributed by atoms with Crippen molar-refractivity contribution in [2.24, 2.45) is 0 Å². The van der Waals surface area contributed by atoms with Crippen LogP contribution in [-0.2, 0) is 6.42 Å². The highest BCUT2D eigenvalue weighted by molar-refractivity contribution is 6.42. The third-order valence-corrected chi connectivity index (χ3v) is 5.51. The summed E-state index contributed by atoms with van der Waals surface area (Å²) < 4.78 is 5.42. The van der Waals surface area contributed by atoms with Crippen LogP contribution in [0.25, 0.3) is 0 Å². The third kappa shape index (κ3) is 3.35. The molecular weight excluding hydrogens is 329 g/mol. The average Bonchev–Trinajstić information content (AvgIpc) is 2.55. The van der Waals surface area contributed by atoms with Gasteiger partial charge in [0.1, 0.15) is 5.75 Å². The molecule has 0 amide bonds. The molecule has 2 aromatic rings. The lowest BCUT2D eigenvalue weighted by molar-refractivity contribution is 0.258. The Morgan fingerprint density at radius 1 is 1.04 bits per heavy atom. The summed E-state index contributed by atoms with van der Waals surface area (Å²) in [6.07, 6.45) is 2.12.